The largest absolute Gasteiger partial charge is 0.411 e. The number of sulfonamides is 1. The van der Waals surface area contributed by atoms with Gasteiger partial charge in [-0.25, -0.2) is 8.42 Å². The Morgan fingerprint density at radius 1 is 1.17 bits per heavy atom. The Bertz CT molecular complexity index is 1100. The molecule has 3 aromatic rings. The number of benzene rings is 1. The highest BCUT2D eigenvalue weighted by Crippen LogP contribution is 2.28. The van der Waals surface area contributed by atoms with Gasteiger partial charge in [0.2, 0.25) is 21.8 Å². The lowest BCUT2D eigenvalue weighted by molar-refractivity contribution is 0.346. The van der Waals surface area contributed by atoms with Crippen molar-refractivity contribution in [2.45, 2.75) is 54.9 Å². The normalized spacial score (nSPS) is 15.7. The van der Waals surface area contributed by atoms with Crippen molar-refractivity contribution < 1.29 is 17.4 Å². The van der Waals surface area contributed by atoms with E-state index in [1.165, 1.54) is 11.8 Å². The summed E-state index contributed by atoms with van der Waals surface area (Å²) < 4.78 is 38.3. The summed E-state index contributed by atoms with van der Waals surface area (Å²) in [6, 6.07) is 6.63. The van der Waals surface area contributed by atoms with Gasteiger partial charge in [0.25, 0.3) is 5.22 Å². The molecule has 2 aromatic heterocycles. The Morgan fingerprint density at radius 3 is 2.70 bits per heavy atom. The fraction of sp³-hybridized carbons (Fsp3) is 0.474. The summed E-state index contributed by atoms with van der Waals surface area (Å²) in [5.41, 5.74) is 0.564. The number of piperidine rings is 1. The van der Waals surface area contributed by atoms with Gasteiger partial charge >= 0.3 is 0 Å². The molecule has 1 aromatic carbocycles. The Labute approximate surface area is 179 Å². The van der Waals surface area contributed by atoms with Crippen LogP contribution in [0, 0.1) is 0 Å². The summed E-state index contributed by atoms with van der Waals surface area (Å²) in [7, 11) is -3.53. The van der Waals surface area contributed by atoms with Gasteiger partial charge in [0, 0.05) is 24.6 Å². The molecule has 1 aliphatic heterocycles. The van der Waals surface area contributed by atoms with Gasteiger partial charge in [-0.1, -0.05) is 43.3 Å². The maximum atomic E-state index is 12.9. The zero-order chi connectivity index (χ0) is 21.1. The standard InChI is InChI=1S/C19H23N5O4S2/c1-13(2)17-20-16(23-28-17)12-29-19-22-21-18(27-19)14-7-6-8-15(11-14)30(25,26)24-9-4-3-5-10-24/h6-8,11,13H,3-5,9-10,12H2,1-2H3. The van der Waals surface area contributed by atoms with E-state index in [-0.39, 0.29) is 16.7 Å². The first-order valence-electron chi connectivity index (χ1n) is 9.83. The molecule has 1 fully saturated rings. The fourth-order valence-electron chi connectivity index (χ4n) is 3.12. The highest BCUT2D eigenvalue weighted by Gasteiger charge is 2.26. The summed E-state index contributed by atoms with van der Waals surface area (Å²) in [6.45, 7) is 5.08. The van der Waals surface area contributed by atoms with Gasteiger partial charge in [-0.15, -0.1) is 10.2 Å². The van der Waals surface area contributed by atoms with E-state index in [0.717, 1.165) is 19.3 Å². The summed E-state index contributed by atoms with van der Waals surface area (Å²) in [4.78, 5) is 4.55. The topological polar surface area (TPSA) is 115 Å². The SMILES string of the molecule is CC(C)c1nc(CSc2nnc(-c3cccc(S(=O)(=O)N4CCCCC4)c3)o2)no1. The Hall–Kier alpha value is -2.24. The average Bonchev–Trinajstić information content (AvgIpc) is 3.43. The van der Waals surface area contributed by atoms with Crippen LogP contribution >= 0.6 is 11.8 Å². The second-order valence-corrected chi connectivity index (χ2v) is 10.2. The lowest BCUT2D eigenvalue weighted by atomic mass is 10.2. The maximum absolute atomic E-state index is 12.9. The maximum Gasteiger partial charge on any atom is 0.277 e. The van der Waals surface area contributed by atoms with E-state index >= 15 is 0 Å². The number of rotatable bonds is 7. The van der Waals surface area contributed by atoms with Crippen LogP contribution in [0.25, 0.3) is 11.5 Å². The predicted octanol–water partition coefficient (Wildman–Crippen LogP) is 3.71. The third-order valence-electron chi connectivity index (χ3n) is 4.74. The quantitative estimate of drug-likeness (QED) is 0.498. The van der Waals surface area contributed by atoms with Crippen molar-refractivity contribution in [3.8, 4) is 11.5 Å². The highest BCUT2D eigenvalue weighted by molar-refractivity contribution is 7.98. The minimum absolute atomic E-state index is 0.166. The molecule has 0 radical (unpaired) electrons. The second kappa shape index (κ2) is 8.86. The van der Waals surface area contributed by atoms with Crippen LogP contribution in [0.2, 0.25) is 0 Å². The van der Waals surface area contributed by atoms with Crippen LogP contribution in [0.4, 0.5) is 0 Å². The minimum Gasteiger partial charge on any atom is -0.411 e. The van der Waals surface area contributed by atoms with Crippen LogP contribution in [0.15, 0.2) is 43.3 Å². The Morgan fingerprint density at radius 2 is 1.97 bits per heavy atom. The molecule has 160 valence electrons. The predicted molar refractivity (Wildman–Crippen MR) is 110 cm³/mol. The molecule has 0 saturated carbocycles. The first-order valence-corrected chi connectivity index (χ1v) is 12.3. The van der Waals surface area contributed by atoms with Crippen molar-refractivity contribution in [2.24, 2.45) is 0 Å². The molecule has 0 unspecified atom stereocenters. The average molecular weight is 450 g/mol. The van der Waals surface area contributed by atoms with Gasteiger partial charge < -0.3 is 8.94 Å². The van der Waals surface area contributed by atoms with Gasteiger partial charge in [-0.3, -0.25) is 0 Å². The van der Waals surface area contributed by atoms with Crippen molar-refractivity contribution in [3.05, 3.63) is 36.0 Å². The molecule has 0 N–H and O–H groups in total. The van der Waals surface area contributed by atoms with Gasteiger partial charge in [-0.2, -0.15) is 9.29 Å². The summed E-state index contributed by atoms with van der Waals surface area (Å²) in [5, 5.41) is 12.4. The summed E-state index contributed by atoms with van der Waals surface area (Å²) >= 11 is 1.29. The van der Waals surface area contributed by atoms with Crippen LogP contribution in [0.1, 0.15) is 50.7 Å². The van der Waals surface area contributed by atoms with Crippen molar-refractivity contribution in [2.75, 3.05) is 13.1 Å². The van der Waals surface area contributed by atoms with Crippen LogP contribution in [-0.4, -0.2) is 46.2 Å². The first kappa shape index (κ1) is 21.0. The number of hydrogen-bond acceptors (Lipinski definition) is 9. The molecule has 0 bridgehead atoms. The van der Waals surface area contributed by atoms with Crippen molar-refractivity contribution in [3.63, 3.8) is 0 Å². The van der Waals surface area contributed by atoms with E-state index < -0.39 is 10.0 Å². The molecule has 11 heteroatoms. The molecule has 3 heterocycles. The lowest BCUT2D eigenvalue weighted by Crippen LogP contribution is -2.35. The molecule has 9 nitrogen and oxygen atoms in total. The molecule has 0 amide bonds. The zero-order valence-corrected chi connectivity index (χ0v) is 18.4. The highest BCUT2D eigenvalue weighted by atomic mass is 32.2. The van der Waals surface area contributed by atoms with E-state index in [0.29, 0.717) is 41.3 Å². The van der Waals surface area contributed by atoms with Gasteiger partial charge in [0.1, 0.15) is 0 Å². The van der Waals surface area contributed by atoms with Crippen molar-refractivity contribution in [1.29, 1.82) is 0 Å². The van der Waals surface area contributed by atoms with Gasteiger partial charge in [0.15, 0.2) is 5.82 Å². The van der Waals surface area contributed by atoms with E-state index in [1.807, 2.05) is 13.8 Å². The van der Waals surface area contributed by atoms with Crippen LogP contribution < -0.4 is 0 Å². The van der Waals surface area contributed by atoms with Gasteiger partial charge in [0.05, 0.1) is 10.6 Å². The van der Waals surface area contributed by atoms with E-state index in [9.17, 15) is 8.42 Å². The van der Waals surface area contributed by atoms with Gasteiger partial charge in [-0.05, 0) is 31.0 Å². The minimum atomic E-state index is -3.53. The fourth-order valence-corrected chi connectivity index (χ4v) is 5.29. The number of hydrogen-bond donors (Lipinski definition) is 0. The number of nitrogens with zero attached hydrogens (tertiary/aromatic N) is 5. The lowest BCUT2D eigenvalue weighted by Gasteiger charge is -2.25. The molecule has 30 heavy (non-hydrogen) atoms. The van der Waals surface area contributed by atoms with Crippen LogP contribution in [-0.2, 0) is 15.8 Å². The molecular weight excluding hydrogens is 426 g/mol. The summed E-state index contributed by atoms with van der Waals surface area (Å²) in [6.07, 6.45) is 2.85. The molecular formula is C19H23N5O4S2. The van der Waals surface area contributed by atoms with Crippen LogP contribution in [0.5, 0.6) is 0 Å². The van der Waals surface area contributed by atoms with E-state index in [2.05, 4.69) is 20.3 Å². The third-order valence-corrected chi connectivity index (χ3v) is 7.45. The van der Waals surface area contributed by atoms with Crippen molar-refractivity contribution >= 4 is 21.8 Å². The third kappa shape index (κ3) is 4.57. The molecule has 0 aliphatic carbocycles. The molecule has 4 rings (SSSR count). The Balaban J connectivity index is 1.47. The second-order valence-electron chi connectivity index (χ2n) is 7.36. The van der Waals surface area contributed by atoms with E-state index in [1.54, 1.807) is 28.6 Å². The molecule has 0 atom stereocenters. The van der Waals surface area contributed by atoms with Crippen LogP contribution in [0.3, 0.4) is 0 Å². The smallest absolute Gasteiger partial charge is 0.277 e. The number of thioether (sulfide) groups is 1. The molecule has 1 saturated heterocycles. The van der Waals surface area contributed by atoms with E-state index in [4.69, 9.17) is 8.94 Å². The summed E-state index contributed by atoms with van der Waals surface area (Å²) in [5.74, 6) is 2.01. The first-order chi connectivity index (χ1) is 14.4. The van der Waals surface area contributed by atoms with Crippen molar-refractivity contribution in [1.82, 2.24) is 24.6 Å². The zero-order valence-electron chi connectivity index (χ0n) is 16.8. The Kier molecular flexibility index (Phi) is 6.21. The molecule has 0 spiro atoms. The monoisotopic (exact) mass is 449 g/mol. The number of aromatic nitrogens is 4. The molecule has 1 aliphatic rings.